The van der Waals surface area contributed by atoms with Gasteiger partial charge in [-0.25, -0.2) is 4.57 Å². The fourth-order valence-corrected chi connectivity index (χ4v) is 6.20. The molecule has 344 valence electrons. The van der Waals surface area contributed by atoms with E-state index in [0.717, 1.165) is 31.1 Å². The number of pyridine rings is 1. The minimum atomic E-state index is -1.61. The number of aliphatic carboxylic acids is 3. The van der Waals surface area contributed by atoms with Crippen LogP contribution in [0.1, 0.15) is 84.3 Å². The molecule has 9 N–H and O–H groups in total. The van der Waals surface area contributed by atoms with E-state index in [2.05, 4.69) is 74.9 Å². The summed E-state index contributed by atoms with van der Waals surface area (Å²) in [5.74, 6) is -9.91. The normalized spacial score (nSPS) is 12.9. The van der Waals surface area contributed by atoms with Gasteiger partial charge < -0.3 is 52.1 Å². The molecule has 63 heavy (non-hydrogen) atoms. The molecule has 0 aliphatic heterocycles. The van der Waals surface area contributed by atoms with Gasteiger partial charge in [0.15, 0.2) is 12.4 Å². The van der Waals surface area contributed by atoms with E-state index in [1.54, 1.807) is 0 Å². The van der Waals surface area contributed by atoms with Gasteiger partial charge in [0.05, 0.1) is 12.8 Å². The van der Waals surface area contributed by atoms with Gasteiger partial charge in [-0.15, -0.1) is 0 Å². The first kappa shape index (κ1) is 52.3. The van der Waals surface area contributed by atoms with Crippen molar-refractivity contribution in [1.82, 2.24) is 31.9 Å². The Labute approximate surface area is 366 Å². The first-order valence-corrected chi connectivity index (χ1v) is 20.7. The van der Waals surface area contributed by atoms with Gasteiger partial charge in [-0.2, -0.15) is 0 Å². The molecule has 0 saturated carbocycles. The molecule has 0 bridgehead atoms. The Morgan fingerprint density at radius 3 is 1.68 bits per heavy atom. The van der Waals surface area contributed by atoms with E-state index in [4.69, 9.17) is 5.11 Å². The first-order chi connectivity index (χ1) is 29.8. The quantitative estimate of drug-likeness (QED) is 0.0415. The molecular formula is C43H61N8O12+. The standard InChI is InChI=1S/C43H60N8O12/c1-6-51(7-2)31-14-12-29(13-15-31)10-11-30-18-23-50(24-19-30)22-8-9-35(53)44-20-21-45-40(60)33(25-37(56)57)48-43(63)39(27(3)4)49-41(61)32(16-17-36(54)55)47-42(62)34(26-38(58)59)46-28(5)52/h10-15,18-19,23-24,27,32-34,39H,6-9,16-17,20-22,25-26H2,1-5H3,(H8-,44,45,46,47,48,49,52,53,54,55,56,57,58,59,60,61,62,63)/p+1/t32-,33-,34-,39-/m1/s1. The van der Waals surface area contributed by atoms with Crippen LogP contribution in [0.3, 0.4) is 0 Å². The third-order valence-corrected chi connectivity index (χ3v) is 9.58. The molecule has 0 radical (unpaired) electrons. The average Bonchev–Trinajstić information content (AvgIpc) is 3.22. The van der Waals surface area contributed by atoms with Crippen LogP contribution in [0.15, 0.2) is 48.8 Å². The van der Waals surface area contributed by atoms with E-state index in [1.165, 1.54) is 19.5 Å². The number of carboxylic acids is 3. The van der Waals surface area contributed by atoms with Crippen molar-refractivity contribution < 1.29 is 63.0 Å². The van der Waals surface area contributed by atoms with Gasteiger partial charge >= 0.3 is 17.9 Å². The molecule has 4 atom stereocenters. The molecule has 0 unspecified atom stereocenters. The first-order valence-electron chi connectivity index (χ1n) is 20.7. The number of hydrogen-bond donors (Lipinski definition) is 9. The Bertz CT molecular complexity index is 1900. The van der Waals surface area contributed by atoms with Crippen LogP contribution in [0.2, 0.25) is 0 Å². The molecule has 20 nitrogen and oxygen atoms in total. The highest BCUT2D eigenvalue weighted by Crippen LogP contribution is 2.16. The van der Waals surface area contributed by atoms with Gasteiger partial charge in [-0.05, 0) is 49.4 Å². The number of nitrogens with one attached hydrogen (secondary N) is 6. The van der Waals surface area contributed by atoms with Gasteiger partial charge in [0.25, 0.3) is 0 Å². The van der Waals surface area contributed by atoms with Gasteiger partial charge in [0.1, 0.15) is 30.7 Å². The summed E-state index contributed by atoms with van der Waals surface area (Å²) in [6, 6.07) is 6.10. The topological polar surface area (TPSA) is 294 Å². The number of benzene rings is 1. The van der Waals surface area contributed by atoms with E-state index in [1.807, 2.05) is 41.2 Å². The van der Waals surface area contributed by atoms with Crippen molar-refractivity contribution in [3.05, 3.63) is 59.9 Å². The number of nitrogens with zero attached hydrogens (tertiary/aromatic N) is 2. The lowest BCUT2D eigenvalue weighted by Crippen LogP contribution is -2.59. The van der Waals surface area contributed by atoms with Crippen LogP contribution in [0.5, 0.6) is 0 Å². The van der Waals surface area contributed by atoms with E-state index in [9.17, 15) is 53.4 Å². The van der Waals surface area contributed by atoms with Gasteiger partial charge in [-0.1, -0.05) is 38.1 Å². The van der Waals surface area contributed by atoms with Crippen LogP contribution in [0, 0.1) is 5.92 Å². The summed E-state index contributed by atoms with van der Waals surface area (Å²) in [6.07, 6.45) is 5.87. The van der Waals surface area contributed by atoms with Crippen LogP contribution in [-0.4, -0.2) is 119 Å². The van der Waals surface area contributed by atoms with E-state index in [-0.39, 0.29) is 25.4 Å². The third-order valence-electron chi connectivity index (χ3n) is 9.58. The molecule has 6 amide bonds. The summed E-state index contributed by atoms with van der Waals surface area (Å²) in [6.45, 7) is 10.7. The second-order valence-electron chi connectivity index (χ2n) is 14.9. The lowest BCUT2D eigenvalue weighted by atomic mass is 10.0. The minimum absolute atomic E-state index is 0.00800. The number of rotatable bonds is 28. The molecule has 1 aromatic carbocycles. The van der Waals surface area contributed by atoms with Crippen molar-refractivity contribution in [2.45, 2.75) is 104 Å². The highest BCUT2D eigenvalue weighted by Gasteiger charge is 2.34. The molecule has 1 heterocycles. The maximum Gasteiger partial charge on any atom is 0.305 e. The average molecular weight is 882 g/mol. The molecular weight excluding hydrogens is 821 g/mol. The number of aromatic nitrogens is 1. The largest absolute Gasteiger partial charge is 0.481 e. The highest BCUT2D eigenvalue weighted by molar-refractivity contribution is 5.97. The molecule has 0 fully saturated rings. The van der Waals surface area contributed by atoms with Crippen molar-refractivity contribution in [3.8, 4) is 0 Å². The number of aryl methyl sites for hydroxylation is 1. The Hall–Kier alpha value is -6.86. The van der Waals surface area contributed by atoms with Gasteiger partial charge in [0.2, 0.25) is 35.4 Å². The van der Waals surface area contributed by atoms with E-state index in [0.29, 0.717) is 13.0 Å². The van der Waals surface area contributed by atoms with Crippen LogP contribution < -0.4 is 41.4 Å². The lowest BCUT2D eigenvalue weighted by molar-refractivity contribution is -0.697. The minimum Gasteiger partial charge on any atom is -0.481 e. The molecule has 20 heteroatoms. The Balaban J connectivity index is 1.91. The van der Waals surface area contributed by atoms with Crippen molar-refractivity contribution in [3.63, 3.8) is 0 Å². The van der Waals surface area contributed by atoms with E-state index >= 15 is 0 Å². The second-order valence-corrected chi connectivity index (χ2v) is 14.9. The van der Waals surface area contributed by atoms with Gasteiger partial charge in [0, 0.05) is 70.2 Å². The summed E-state index contributed by atoms with van der Waals surface area (Å²) >= 11 is 0. The maximum atomic E-state index is 13.4. The van der Waals surface area contributed by atoms with Gasteiger partial charge in [-0.3, -0.25) is 43.2 Å². The lowest BCUT2D eigenvalue weighted by Gasteiger charge is -2.27. The predicted molar refractivity (Wildman–Crippen MR) is 230 cm³/mol. The summed E-state index contributed by atoms with van der Waals surface area (Å²) in [4.78, 5) is 113. The summed E-state index contributed by atoms with van der Waals surface area (Å²) in [5.41, 5.74) is 3.29. The molecule has 0 aliphatic carbocycles. The SMILES string of the molecule is CCN(CC)c1ccc(C=Cc2cc[n+](CCCC(=O)NCCNC(=O)[C@@H](CC(=O)O)NC(=O)[C@H](NC(=O)[C@@H](CCC(=O)O)NC(=O)[C@@H](CC(=O)O)NC(C)=O)C(C)C)cc2)cc1. The van der Waals surface area contributed by atoms with E-state index < -0.39 is 103 Å². The predicted octanol–water partition coefficient (Wildman–Crippen LogP) is 0.433. The third kappa shape index (κ3) is 20.0. The number of hydrogen-bond acceptors (Lipinski definition) is 10. The molecule has 1 aromatic heterocycles. The highest BCUT2D eigenvalue weighted by atomic mass is 16.4. The summed E-state index contributed by atoms with van der Waals surface area (Å²) in [7, 11) is 0. The Kier molecular flexibility index (Phi) is 22.5. The van der Waals surface area contributed by atoms with Crippen LogP contribution in [0.4, 0.5) is 5.69 Å². The maximum absolute atomic E-state index is 13.4. The fraction of sp³-hybridized carbons (Fsp3) is 0.488. The molecule has 0 saturated heterocycles. The van der Waals surface area contributed by atoms with Crippen molar-refractivity contribution in [1.29, 1.82) is 0 Å². The van der Waals surface area contributed by atoms with Crippen molar-refractivity contribution in [2.75, 3.05) is 31.1 Å². The number of carbonyl (C=O) groups is 9. The van der Waals surface area contributed by atoms with Crippen LogP contribution in [0.25, 0.3) is 12.2 Å². The monoisotopic (exact) mass is 881 g/mol. The zero-order valence-corrected chi connectivity index (χ0v) is 36.3. The smallest absolute Gasteiger partial charge is 0.305 e. The van der Waals surface area contributed by atoms with Crippen molar-refractivity contribution >= 4 is 71.2 Å². The number of anilines is 1. The number of amides is 6. The fourth-order valence-electron chi connectivity index (χ4n) is 6.20. The van der Waals surface area contributed by atoms with Crippen LogP contribution in [-0.2, 0) is 49.7 Å². The Morgan fingerprint density at radius 1 is 0.635 bits per heavy atom. The van der Waals surface area contributed by atoms with Crippen LogP contribution >= 0.6 is 0 Å². The Morgan fingerprint density at radius 2 is 1.16 bits per heavy atom. The summed E-state index contributed by atoms with van der Waals surface area (Å²) < 4.78 is 1.96. The molecule has 2 aromatic rings. The van der Waals surface area contributed by atoms with Crippen molar-refractivity contribution in [2.24, 2.45) is 5.92 Å². The molecule has 0 aliphatic rings. The zero-order chi connectivity index (χ0) is 47.1. The zero-order valence-electron chi connectivity index (χ0n) is 36.3. The second kappa shape index (κ2) is 27.2. The summed E-state index contributed by atoms with van der Waals surface area (Å²) in [5, 5.41) is 42.0. The molecule has 2 rings (SSSR count). The number of carbonyl (C=O) groups excluding carboxylic acids is 6. The molecule has 0 spiro atoms. The number of carboxylic acid groups (broad SMARTS) is 3.